The van der Waals surface area contributed by atoms with Crippen molar-refractivity contribution in [1.82, 2.24) is 4.90 Å². The van der Waals surface area contributed by atoms with Crippen LogP contribution in [0.25, 0.3) is 0 Å². The average molecular weight is 265 g/mol. The van der Waals surface area contributed by atoms with E-state index in [1.165, 1.54) is 18.4 Å². The summed E-state index contributed by atoms with van der Waals surface area (Å²) in [6.07, 6.45) is 2.50. The topological polar surface area (TPSA) is 27.0 Å². The Morgan fingerprint density at radius 2 is 2.00 bits per heavy atom. The maximum atomic E-state index is 8.74. The number of nitrogens with zero attached hydrogens (tertiary/aromatic N) is 2. The summed E-state index contributed by atoms with van der Waals surface area (Å²) in [5, 5.41) is 8.74. The van der Waals surface area contributed by atoms with Crippen LogP contribution in [0.2, 0.25) is 0 Å². The predicted molar refractivity (Wildman–Crippen MR) is 63.2 cm³/mol. The van der Waals surface area contributed by atoms with E-state index in [4.69, 9.17) is 5.26 Å². The lowest BCUT2D eigenvalue weighted by Gasteiger charge is -2.18. The zero-order valence-corrected chi connectivity index (χ0v) is 10.1. The van der Waals surface area contributed by atoms with Crippen LogP contribution >= 0.6 is 15.9 Å². The van der Waals surface area contributed by atoms with Crippen molar-refractivity contribution >= 4 is 15.9 Å². The van der Waals surface area contributed by atoms with Crippen molar-refractivity contribution in [3.8, 4) is 6.07 Å². The lowest BCUT2D eigenvalue weighted by Crippen LogP contribution is -2.25. The Morgan fingerprint density at radius 3 is 2.53 bits per heavy atom. The molecule has 0 N–H and O–H groups in total. The Labute approximate surface area is 98.6 Å². The van der Waals surface area contributed by atoms with Crippen molar-refractivity contribution in [3.63, 3.8) is 0 Å². The highest BCUT2D eigenvalue weighted by Gasteiger charge is 2.28. The van der Waals surface area contributed by atoms with Crippen molar-refractivity contribution < 1.29 is 0 Å². The second-order valence-electron chi connectivity index (χ2n) is 3.92. The van der Waals surface area contributed by atoms with E-state index in [1.54, 1.807) is 0 Å². The molecule has 0 amide bonds. The summed E-state index contributed by atoms with van der Waals surface area (Å²) in [6, 6.07) is 11.2. The van der Waals surface area contributed by atoms with Gasteiger partial charge in [-0.25, -0.2) is 0 Å². The van der Waals surface area contributed by atoms with Gasteiger partial charge < -0.3 is 0 Å². The molecule has 1 aliphatic rings. The van der Waals surface area contributed by atoms with E-state index in [0.717, 1.165) is 11.0 Å². The Balaban J connectivity index is 1.99. The van der Waals surface area contributed by atoms with Crippen LogP contribution in [0.1, 0.15) is 18.4 Å². The van der Waals surface area contributed by atoms with Gasteiger partial charge in [0.2, 0.25) is 0 Å². The smallest absolute Gasteiger partial charge is 0.0871 e. The van der Waals surface area contributed by atoms with Crippen LogP contribution in [0, 0.1) is 11.3 Å². The lowest BCUT2D eigenvalue weighted by molar-refractivity contribution is 0.287. The van der Waals surface area contributed by atoms with Gasteiger partial charge in [0.05, 0.1) is 12.6 Å². The summed E-state index contributed by atoms with van der Waals surface area (Å²) in [5.41, 5.74) is 1.28. The quantitative estimate of drug-likeness (QED) is 0.782. The van der Waals surface area contributed by atoms with Crippen molar-refractivity contribution in [3.05, 3.63) is 34.3 Å². The van der Waals surface area contributed by atoms with Crippen LogP contribution in [0.3, 0.4) is 0 Å². The summed E-state index contributed by atoms with van der Waals surface area (Å²) in [4.78, 5) is 2.25. The molecule has 0 saturated heterocycles. The highest BCUT2D eigenvalue weighted by atomic mass is 79.9. The minimum atomic E-state index is 0.542. The summed E-state index contributed by atoms with van der Waals surface area (Å²) in [6.45, 7) is 1.44. The molecule has 15 heavy (non-hydrogen) atoms. The van der Waals surface area contributed by atoms with E-state index in [2.05, 4.69) is 39.0 Å². The molecule has 1 aromatic carbocycles. The second kappa shape index (κ2) is 4.78. The molecular formula is C12H13BrN2. The van der Waals surface area contributed by atoms with Crippen molar-refractivity contribution in [2.24, 2.45) is 0 Å². The first-order valence-electron chi connectivity index (χ1n) is 5.15. The van der Waals surface area contributed by atoms with E-state index in [1.807, 2.05) is 12.1 Å². The molecule has 1 aromatic rings. The molecule has 0 spiro atoms. The molecule has 1 fully saturated rings. The fourth-order valence-corrected chi connectivity index (χ4v) is 1.93. The molecule has 0 unspecified atom stereocenters. The molecule has 0 aromatic heterocycles. The molecule has 2 nitrogen and oxygen atoms in total. The molecule has 3 heteroatoms. The van der Waals surface area contributed by atoms with Crippen molar-refractivity contribution in [2.45, 2.75) is 25.4 Å². The predicted octanol–water partition coefficient (Wildman–Crippen LogP) is 2.94. The van der Waals surface area contributed by atoms with Crippen LogP contribution < -0.4 is 0 Å². The number of halogens is 1. The summed E-state index contributed by atoms with van der Waals surface area (Å²) in [5.74, 6) is 0. The number of nitriles is 1. The maximum Gasteiger partial charge on any atom is 0.0871 e. The van der Waals surface area contributed by atoms with Crippen molar-refractivity contribution in [1.29, 1.82) is 5.26 Å². The highest BCUT2D eigenvalue weighted by Crippen LogP contribution is 2.28. The summed E-state index contributed by atoms with van der Waals surface area (Å²) < 4.78 is 1.10. The van der Waals surface area contributed by atoms with E-state index < -0.39 is 0 Å². The monoisotopic (exact) mass is 264 g/mol. The molecule has 2 rings (SSSR count). The van der Waals surface area contributed by atoms with E-state index in [9.17, 15) is 0 Å². The van der Waals surface area contributed by atoms with Gasteiger partial charge in [-0.1, -0.05) is 28.1 Å². The third kappa shape index (κ3) is 3.05. The first-order chi connectivity index (χ1) is 7.29. The van der Waals surface area contributed by atoms with Crippen LogP contribution in [0.5, 0.6) is 0 Å². The molecule has 0 aliphatic heterocycles. The van der Waals surface area contributed by atoms with Gasteiger partial charge in [-0.2, -0.15) is 5.26 Å². The maximum absolute atomic E-state index is 8.74. The van der Waals surface area contributed by atoms with Crippen LogP contribution in [-0.4, -0.2) is 17.5 Å². The largest absolute Gasteiger partial charge is 0.283 e. The fourth-order valence-electron chi connectivity index (χ4n) is 1.67. The SMILES string of the molecule is N#CCN(Cc1ccc(Br)cc1)C1CC1. The third-order valence-corrected chi connectivity index (χ3v) is 3.16. The van der Waals surface area contributed by atoms with Gasteiger partial charge >= 0.3 is 0 Å². The minimum absolute atomic E-state index is 0.542. The average Bonchev–Trinajstić information content (AvgIpc) is 3.04. The molecule has 78 valence electrons. The second-order valence-corrected chi connectivity index (χ2v) is 4.84. The van der Waals surface area contributed by atoms with E-state index in [0.29, 0.717) is 12.6 Å². The van der Waals surface area contributed by atoms with Crippen molar-refractivity contribution in [2.75, 3.05) is 6.54 Å². The highest BCUT2D eigenvalue weighted by molar-refractivity contribution is 9.10. The van der Waals surface area contributed by atoms with Gasteiger partial charge in [-0.05, 0) is 30.5 Å². The lowest BCUT2D eigenvalue weighted by atomic mass is 10.2. The van der Waals surface area contributed by atoms with Gasteiger partial charge in [0.25, 0.3) is 0 Å². The number of hydrogen-bond donors (Lipinski definition) is 0. The molecule has 0 radical (unpaired) electrons. The Bertz CT molecular complexity index is 362. The Hall–Kier alpha value is -0.850. The van der Waals surface area contributed by atoms with Crippen LogP contribution in [0.15, 0.2) is 28.7 Å². The number of rotatable bonds is 4. The third-order valence-electron chi connectivity index (χ3n) is 2.64. The molecule has 0 atom stereocenters. The van der Waals surface area contributed by atoms with Gasteiger partial charge in [-0.15, -0.1) is 0 Å². The van der Waals surface area contributed by atoms with E-state index in [-0.39, 0.29) is 0 Å². The molecule has 0 bridgehead atoms. The number of benzene rings is 1. The minimum Gasteiger partial charge on any atom is -0.283 e. The van der Waals surface area contributed by atoms with Crippen LogP contribution in [-0.2, 0) is 6.54 Å². The van der Waals surface area contributed by atoms with Gasteiger partial charge in [-0.3, -0.25) is 4.90 Å². The van der Waals surface area contributed by atoms with E-state index >= 15 is 0 Å². The molecule has 1 aliphatic carbocycles. The fraction of sp³-hybridized carbons (Fsp3) is 0.417. The summed E-state index contributed by atoms with van der Waals surface area (Å²) >= 11 is 3.42. The molecular weight excluding hydrogens is 252 g/mol. The van der Waals surface area contributed by atoms with Crippen LogP contribution in [0.4, 0.5) is 0 Å². The first-order valence-corrected chi connectivity index (χ1v) is 5.94. The molecule has 1 saturated carbocycles. The van der Waals surface area contributed by atoms with Gasteiger partial charge in [0.1, 0.15) is 0 Å². The zero-order chi connectivity index (χ0) is 10.7. The summed E-state index contributed by atoms with van der Waals surface area (Å²) in [7, 11) is 0. The zero-order valence-electron chi connectivity index (χ0n) is 8.49. The van der Waals surface area contributed by atoms with Gasteiger partial charge in [0.15, 0.2) is 0 Å². The first kappa shape index (κ1) is 10.7. The normalized spacial score (nSPS) is 15.3. The molecule has 0 heterocycles. The van der Waals surface area contributed by atoms with Gasteiger partial charge in [0, 0.05) is 17.1 Å². The Kier molecular flexibility index (Phi) is 3.40. The Morgan fingerprint density at radius 1 is 1.33 bits per heavy atom. The number of hydrogen-bond acceptors (Lipinski definition) is 2. The standard InChI is InChI=1S/C12H13BrN2/c13-11-3-1-10(2-4-11)9-15(8-7-14)12-5-6-12/h1-4,12H,5-6,8-9H2.